The van der Waals surface area contributed by atoms with Crippen molar-refractivity contribution in [2.45, 2.75) is 13.3 Å². The van der Waals surface area contributed by atoms with E-state index in [1.807, 2.05) is 30.8 Å². The number of aliphatic hydroxyl groups is 1. The second kappa shape index (κ2) is 7.92. The van der Waals surface area contributed by atoms with E-state index >= 15 is 0 Å². The Labute approximate surface area is 109 Å². The summed E-state index contributed by atoms with van der Waals surface area (Å²) in [6.07, 6.45) is 0.875. The number of hydrogen-bond acceptors (Lipinski definition) is 4. The summed E-state index contributed by atoms with van der Waals surface area (Å²) in [5, 5.41) is 11.9. The van der Waals surface area contributed by atoms with Gasteiger partial charge in [-0.2, -0.15) is 11.8 Å². The maximum absolute atomic E-state index is 8.61. The number of rotatable bonds is 7. The summed E-state index contributed by atoms with van der Waals surface area (Å²) in [6.45, 7) is 3.17. The highest BCUT2D eigenvalue weighted by molar-refractivity contribution is 9.10. The summed E-state index contributed by atoms with van der Waals surface area (Å²) < 4.78 is 1.04. The van der Waals surface area contributed by atoms with Crippen molar-refractivity contribution < 1.29 is 5.11 Å². The number of hydrogen-bond donors (Lipinski definition) is 2. The lowest BCUT2D eigenvalue weighted by Crippen LogP contribution is -2.06. The van der Waals surface area contributed by atoms with E-state index in [1.165, 1.54) is 0 Å². The zero-order valence-corrected chi connectivity index (χ0v) is 11.8. The molecule has 0 saturated carbocycles. The highest BCUT2D eigenvalue weighted by Crippen LogP contribution is 2.16. The van der Waals surface area contributed by atoms with Crippen LogP contribution in [0.5, 0.6) is 0 Å². The Hall–Kier alpha value is -0.260. The number of nitrogens with zero attached hydrogens (tertiary/aromatic N) is 1. The third-order valence-electron chi connectivity index (χ3n) is 2.02. The molecule has 1 aromatic heterocycles. The molecule has 2 N–H and O–H groups in total. The molecule has 0 amide bonds. The molecule has 0 unspecified atom stereocenters. The lowest BCUT2D eigenvalue weighted by atomic mass is 10.4. The first-order valence-corrected chi connectivity index (χ1v) is 7.24. The van der Waals surface area contributed by atoms with Gasteiger partial charge in [0.2, 0.25) is 0 Å². The molecule has 16 heavy (non-hydrogen) atoms. The number of halogens is 1. The number of thioether (sulfide) groups is 1. The fourth-order valence-corrected chi connectivity index (χ4v) is 2.17. The van der Waals surface area contributed by atoms with Crippen molar-refractivity contribution >= 4 is 33.5 Å². The van der Waals surface area contributed by atoms with Gasteiger partial charge in [-0.15, -0.1) is 0 Å². The molecule has 3 nitrogen and oxygen atoms in total. The molecule has 1 rings (SSSR count). The van der Waals surface area contributed by atoms with Gasteiger partial charge in [0.25, 0.3) is 0 Å². The number of nitrogens with one attached hydrogen (secondary N) is 1. The zero-order valence-electron chi connectivity index (χ0n) is 9.37. The minimum absolute atomic E-state index is 0.286. The van der Waals surface area contributed by atoms with Gasteiger partial charge in [-0.05, 0) is 47.2 Å². The molecular formula is C11H17BrN2OS. The van der Waals surface area contributed by atoms with Crippen molar-refractivity contribution in [2.75, 3.05) is 30.0 Å². The zero-order chi connectivity index (χ0) is 11.8. The summed E-state index contributed by atoms with van der Waals surface area (Å²) in [7, 11) is 0. The van der Waals surface area contributed by atoms with Gasteiger partial charge in [-0.25, -0.2) is 4.98 Å². The summed E-state index contributed by atoms with van der Waals surface area (Å²) in [5.74, 6) is 2.98. The van der Waals surface area contributed by atoms with Crippen molar-refractivity contribution in [3.63, 3.8) is 0 Å². The van der Waals surface area contributed by atoms with Gasteiger partial charge in [-0.3, -0.25) is 0 Å². The van der Waals surface area contributed by atoms with Crippen LogP contribution in [-0.4, -0.2) is 34.7 Å². The lowest BCUT2D eigenvalue weighted by molar-refractivity contribution is 0.296. The smallest absolute Gasteiger partial charge is 0.126 e. The topological polar surface area (TPSA) is 45.2 Å². The highest BCUT2D eigenvalue weighted by atomic mass is 79.9. The standard InChI is InChI=1S/C11H17BrN2OS/c1-9-10(12)3-4-11(14-9)13-5-8-16-7-2-6-15/h3-4,15H,2,5-8H2,1H3,(H,13,14). The summed E-state index contributed by atoms with van der Waals surface area (Å²) >= 11 is 5.27. The van der Waals surface area contributed by atoms with Gasteiger partial charge >= 0.3 is 0 Å². The van der Waals surface area contributed by atoms with E-state index in [4.69, 9.17) is 5.11 Å². The van der Waals surface area contributed by atoms with Crippen LogP contribution in [0.15, 0.2) is 16.6 Å². The van der Waals surface area contributed by atoms with E-state index in [-0.39, 0.29) is 6.61 Å². The first kappa shape index (κ1) is 13.8. The number of aromatic nitrogens is 1. The molecule has 90 valence electrons. The second-order valence-electron chi connectivity index (χ2n) is 3.38. The van der Waals surface area contributed by atoms with Crippen LogP contribution in [0.2, 0.25) is 0 Å². The predicted octanol–water partition coefficient (Wildman–Crippen LogP) is 2.68. The third kappa shape index (κ3) is 5.18. The summed E-state index contributed by atoms with van der Waals surface area (Å²) in [5.41, 5.74) is 0.998. The number of aryl methyl sites for hydroxylation is 1. The number of anilines is 1. The molecule has 0 aliphatic heterocycles. The molecule has 0 aromatic carbocycles. The first-order chi connectivity index (χ1) is 7.74. The minimum atomic E-state index is 0.286. The van der Waals surface area contributed by atoms with Gasteiger partial charge in [0.15, 0.2) is 0 Å². The Morgan fingerprint density at radius 1 is 1.44 bits per heavy atom. The Kier molecular flexibility index (Phi) is 6.84. The largest absolute Gasteiger partial charge is 0.396 e. The average molecular weight is 305 g/mol. The van der Waals surface area contributed by atoms with Crippen LogP contribution < -0.4 is 5.32 Å². The van der Waals surface area contributed by atoms with Gasteiger partial charge in [0, 0.05) is 23.4 Å². The highest BCUT2D eigenvalue weighted by Gasteiger charge is 1.98. The monoisotopic (exact) mass is 304 g/mol. The molecule has 5 heteroatoms. The third-order valence-corrected chi connectivity index (χ3v) is 3.93. The Bertz CT molecular complexity index is 323. The first-order valence-electron chi connectivity index (χ1n) is 5.29. The molecule has 0 radical (unpaired) electrons. The lowest BCUT2D eigenvalue weighted by Gasteiger charge is -2.06. The van der Waals surface area contributed by atoms with E-state index in [0.29, 0.717) is 0 Å². The van der Waals surface area contributed by atoms with Crippen molar-refractivity contribution in [1.29, 1.82) is 0 Å². The quantitative estimate of drug-likeness (QED) is 0.760. The van der Waals surface area contributed by atoms with Crippen LogP contribution >= 0.6 is 27.7 Å². The molecular weight excluding hydrogens is 288 g/mol. The van der Waals surface area contributed by atoms with Crippen LogP contribution in [0, 0.1) is 6.92 Å². The minimum Gasteiger partial charge on any atom is -0.396 e. The fourth-order valence-electron chi connectivity index (χ4n) is 1.16. The van der Waals surface area contributed by atoms with Crippen LogP contribution in [0.25, 0.3) is 0 Å². The van der Waals surface area contributed by atoms with Gasteiger partial charge in [0.1, 0.15) is 5.82 Å². The van der Waals surface area contributed by atoms with Gasteiger partial charge in [-0.1, -0.05) is 0 Å². The molecule has 0 aliphatic carbocycles. The maximum atomic E-state index is 8.61. The number of pyridine rings is 1. The van der Waals surface area contributed by atoms with E-state index in [9.17, 15) is 0 Å². The van der Waals surface area contributed by atoms with E-state index in [2.05, 4.69) is 26.2 Å². The van der Waals surface area contributed by atoms with E-state index in [1.54, 1.807) is 0 Å². The summed E-state index contributed by atoms with van der Waals surface area (Å²) in [4.78, 5) is 4.40. The normalized spacial score (nSPS) is 10.4. The van der Waals surface area contributed by atoms with Crippen LogP contribution in [0.1, 0.15) is 12.1 Å². The van der Waals surface area contributed by atoms with Crippen LogP contribution in [0.4, 0.5) is 5.82 Å². The Morgan fingerprint density at radius 3 is 2.94 bits per heavy atom. The molecule has 0 atom stereocenters. The molecule has 0 spiro atoms. The SMILES string of the molecule is Cc1nc(NCCSCCCO)ccc1Br. The van der Waals surface area contributed by atoms with Crippen molar-refractivity contribution in [1.82, 2.24) is 4.98 Å². The molecule has 0 fully saturated rings. The van der Waals surface area contributed by atoms with E-state index < -0.39 is 0 Å². The molecule has 1 aromatic rings. The van der Waals surface area contributed by atoms with Gasteiger partial charge < -0.3 is 10.4 Å². The molecule has 0 bridgehead atoms. The van der Waals surface area contributed by atoms with E-state index in [0.717, 1.165) is 40.5 Å². The predicted molar refractivity (Wildman–Crippen MR) is 74.2 cm³/mol. The second-order valence-corrected chi connectivity index (χ2v) is 5.46. The Morgan fingerprint density at radius 2 is 2.25 bits per heavy atom. The maximum Gasteiger partial charge on any atom is 0.126 e. The van der Waals surface area contributed by atoms with Crippen molar-refractivity contribution in [3.8, 4) is 0 Å². The van der Waals surface area contributed by atoms with Crippen LogP contribution in [-0.2, 0) is 0 Å². The Balaban J connectivity index is 2.19. The molecule has 1 heterocycles. The molecule has 0 aliphatic rings. The molecule has 0 saturated heterocycles. The fraction of sp³-hybridized carbons (Fsp3) is 0.545. The van der Waals surface area contributed by atoms with Crippen LogP contribution in [0.3, 0.4) is 0 Å². The van der Waals surface area contributed by atoms with Crippen molar-refractivity contribution in [2.24, 2.45) is 0 Å². The number of aliphatic hydroxyl groups excluding tert-OH is 1. The average Bonchev–Trinajstić information content (AvgIpc) is 2.28. The van der Waals surface area contributed by atoms with Gasteiger partial charge in [0.05, 0.1) is 5.69 Å². The van der Waals surface area contributed by atoms with Crippen molar-refractivity contribution in [3.05, 3.63) is 22.3 Å². The summed E-state index contributed by atoms with van der Waals surface area (Å²) in [6, 6.07) is 3.97.